The average molecular weight is 274 g/mol. The van der Waals surface area contributed by atoms with E-state index in [1.165, 1.54) is 0 Å². The van der Waals surface area contributed by atoms with Gasteiger partial charge in [-0.3, -0.25) is 9.78 Å². The molecule has 0 unspecified atom stereocenters. The van der Waals surface area contributed by atoms with Crippen molar-refractivity contribution < 1.29 is 24.3 Å². The lowest BCUT2D eigenvalue weighted by atomic mass is 10.2. The summed E-state index contributed by atoms with van der Waals surface area (Å²) in [6.07, 6.45) is -1.04. The molecule has 0 spiro atoms. The Kier molecular flexibility index (Phi) is 5.57. The summed E-state index contributed by atoms with van der Waals surface area (Å²) in [5.41, 5.74) is 1.76. The fraction of sp³-hybridized carbons (Fsp3) is 0.133. The van der Waals surface area contributed by atoms with Crippen LogP contribution in [-0.2, 0) is 32.8 Å². The summed E-state index contributed by atoms with van der Waals surface area (Å²) in [5, 5.41) is 0. The maximum absolute atomic E-state index is 11.1. The summed E-state index contributed by atoms with van der Waals surface area (Å²) in [5.74, 6) is 0. The van der Waals surface area contributed by atoms with Crippen LogP contribution < -0.4 is 0 Å². The van der Waals surface area contributed by atoms with Gasteiger partial charge in [0.15, 0.2) is 0 Å². The van der Waals surface area contributed by atoms with Crippen LogP contribution in [0.2, 0.25) is 0 Å². The van der Waals surface area contributed by atoms with Crippen LogP contribution in [0.5, 0.6) is 0 Å². The minimum Gasteiger partial charge on any atom is -0.257 e. The zero-order valence-corrected chi connectivity index (χ0v) is 10.7. The van der Waals surface area contributed by atoms with Crippen molar-refractivity contribution in [1.29, 1.82) is 0 Å². The molecule has 0 atom stereocenters. The van der Waals surface area contributed by atoms with Crippen molar-refractivity contribution in [2.75, 3.05) is 0 Å². The number of rotatable bonds is 6. The van der Waals surface area contributed by atoms with Gasteiger partial charge in [-0.25, -0.2) is 0 Å². The zero-order valence-electron chi connectivity index (χ0n) is 10.7. The van der Waals surface area contributed by atoms with E-state index in [2.05, 4.69) is 9.78 Å². The van der Waals surface area contributed by atoms with Gasteiger partial charge in [0.05, 0.1) is 0 Å². The van der Waals surface area contributed by atoms with Gasteiger partial charge in [-0.05, 0) is 11.1 Å². The third-order valence-corrected chi connectivity index (χ3v) is 2.39. The van der Waals surface area contributed by atoms with Crippen molar-refractivity contribution in [2.45, 2.75) is 13.2 Å². The Bertz CT molecular complexity index is 465. The van der Waals surface area contributed by atoms with Crippen molar-refractivity contribution in [3.63, 3.8) is 0 Å². The molecule has 5 heteroatoms. The molecular weight excluding hydrogens is 260 g/mol. The highest BCUT2D eigenvalue weighted by Gasteiger charge is 2.07. The lowest BCUT2D eigenvalue weighted by Crippen LogP contribution is -2.08. The Morgan fingerprint density at radius 2 is 1.10 bits per heavy atom. The molecule has 0 aliphatic carbocycles. The molecule has 2 aromatic carbocycles. The van der Waals surface area contributed by atoms with Gasteiger partial charge < -0.3 is 0 Å². The van der Waals surface area contributed by atoms with E-state index in [0.29, 0.717) is 0 Å². The van der Waals surface area contributed by atoms with Gasteiger partial charge in [-0.1, -0.05) is 60.7 Å². The Hall–Kier alpha value is -2.37. The number of benzene rings is 2. The van der Waals surface area contributed by atoms with Gasteiger partial charge in [0, 0.05) is 0 Å². The Balaban J connectivity index is 1.59. The molecule has 0 radical (unpaired) electrons. The molecule has 2 rings (SSSR count). The summed E-state index contributed by atoms with van der Waals surface area (Å²) >= 11 is 0. The molecule has 0 saturated heterocycles. The second-order valence-electron chi connectivity index (χ2n) is 3.91. The van der Waals surface area contributed by atoms with Gasteiger partial charge >= 0.3 is 6.16 Å². The molecule has 20 heavy (non-hydrogen) atoms. The molecule has 0 bridgehead atoms. The number of carbonyl (C=O) groups excluding carboxylic acids is 1. The van der Waals surface area contributed by atoms with E-state index in [9.17, 15) is 4.79 Å². The summed E-state index contributed by atoms with van der Waals surface area (Å²) in [6.45, 7) is 0.295. The van der Waals surface area contributed by atoms with Crippen molar-refractivity contribution in [3.8, 4) is 0 Å². The van der Waals surface area contributed by atoms with E-state index < -0.39 is 6.16 Å². The summed E-state index contributed by atoms with van der Waals surface area (Å²) in [4.78, 5) is 29.4. The second kappa shape index (κ2) is 7.93. The topological polar surface area (TPSA) is 54.0 Å². The van der Waals surface area contributed by atoms with Gasteiger partial charge in [0.25, 0.3) is 0 Å². The number of hydrogen-bond acceptors (Lipinski definition) is 5. The Morgan fingerprint density at radius 3 is 1.50 bits per heavy atom. The first-order valence-corrected chi connectivity index (χ1v) is 6.05. The monoisotopic (exact) mass is 274 g/mol. The minimum atomic E-state index is -1.04. The lowest BCUT2D eigenvalue weighted by molar-refractivity contribution is -0.328. The summed E-state index contributed by atoms with van der Waals surface area (Å²) < 4.78 is 0. The fourth-order valence-corrected chi connectivity index (χ4v) is 1.45. The second-order valence-corrected chi connectivity index (χ2v) is 3.91. The zero-order chi connectivity index (χ0) is 14.0. The van der Waals surface area contributed by atoms with Crippen LogP contribution >= 0.6 is 0 Å². The fourth-order valence-electron chi connectivity index (χ4n) is 1.45. The predicted molar refractivity (Wildman–Crippen MR) is 70.0 cm³/mol. The van der Waals surface area contributed by atoms with Crippen molar-refractivity contribution >= 4 is 6.16 Å². The van der Waals surface area contributed by atoms with Gasteiger partial charge in [0.2, 0.25) is 0 Å². The van der Waals surface area contributed by atoms with E-state index >= 15 is 0 Å². The van der Waals surface area contributed by atoms with Crippen molar-refractivity contribution in [1.82, 2.24) is 0 Å². The third kappa shape index (κ3) is 5.09. The first kappa shape index (κ1) is 14.0. The predicted octanol–water partition coefficient (Wildman–Crippen LogP) is 3.40. The quantitative estimate of drug-likeness (QED) is 0.597. The number of hydrogen-bond donors (Lipinski definition) is 0. The van der Waals surface area contributed by atoms with Crippen LogP contribution in [0.1, 0.15) is 11.1 Å². The molecule has 2 aromatic rings. The molecule has 0 heterocycles. The molecule has 0 amide bonds. The summed E-state index contributed by atoms with van der Waals surface area (Å²) in [7, 11) is 0. The molecular formula is C15H14O5. The van der Waals surface area contributed by atoms with Crippen molar-refractivity contribution in [3.05, 3.63) is 71.8 Å². The molecule has 0 aliphatic heterocycles. The SMILES string of the molecule is O=C(OOCc1ccccc1)OOCc1ccccc1. The molecule has 0 aromatic heterocycles. The maximum Gasteiger partial charge on any atom is 0.573 e. The smallest absolute Gasteiger partial charge is 0.257 e. The molecule has 0 saturated carbocycles. The van der Waals surface area contributed by atoms with Crippen LogP contribution in [0.4, 0.5) is 4.79 Å². The van der Waals surface area contributed by atoms with E-state index in [-0.39, 0.29) is 13.2 Å². The Labute approximate surface area is 116 Å². The van der Waals surface area contributed by atoms with Crippen LogP contribution in [-0.4, -0.2) is 6.16 Å². The maximum atomic E-state index is 11.1. The largest absolute Gasteiger partial charge is 0.573 e. The number of carbonyl (C=O) groups is 1. The molecule has 104 valence electrons. The van der Waals surface area contributed by atoms with Gasteiger partial charge in [-0.2, -0.15) is 14.6 Å². The van der Waals surface area contributed by atoms with Crippen LogP contribution in [0.15, 0.2) is 60.7 Å². The first-order valence-electron chi connectivity index (χ1n) is 6.05. The van der Waals surface area contributed by atoms with E-state index in [1.54, 1.807) is 0 Å². The molecule has 0 aliphatic rings. The minimum absolute atomic E-state index is 0.147. The Morgan fingerprint density at radius 1 is 0.700 bits per heavy atom. The van der Waals surface area contributed by atoms with E-state index in [0.717, 1.165) is 11.1 Å². The molecule has 0 N–H and O–H groups in total. The van der Waals surface area contributed by atoms with Gasteiger partial charge in [0.1, 0.15) is 13.2 Å². The highest BCUT2D eigenvalue weighted by atomic mass is 17.3. The first-order chi connectivity index (χ1) is 9.84. The average Bonchev–Trinajstić information content (AvgIpc) is 2.49. The van der Waals surface area contributed by atoms with Crippen LogP contribution in [0.25, 0.3) is 0 Å². The lowest BCUT2D eigenvalue weighted by Gasteiger charge is -2.04. The van der Waals surface area contributed by atoms with E-state index in [1.807, 2.05) is 60.7 Å². The molecule has 0 fully saturated rings. The standard InChI is InChI=1S/C15H14O5/c16-15(19-17-11-13-7-3-1-4-8-13)20-18-12-14-9-5-2-6-10-14/h1-10H,11-12H2. The van der Waals surface area contributed by atoms with E-state index in [4.69, 9.17) is 9.78 Å². The summed E-state index contributed by atoms with van der Waals surface area (Å²) in [6, 6.07) is 18.6. The highest BCUT2D eigenvalue weighted by Crippen LogP contribution is 2.03. The third-order valence-electron chi connectivity index (χ3n) is 2.39. The van der Waals surface area contributed by atoms with Crippen LogP contribution in [0.3, 0.4) is 0 Å². The normalized spacial score (nSPS) is 10.0. The molecule has 5 nitrogen and oxygen atoms in total. The highest BCUT2D eigenvalue weighted by molar-refractivity contribution is 5.58. The van der Waals surface area contributed by atoms with Crippen LogP contribution in [0, 0.1) is 0 Å². The van der Waals surface area contributed by atoms with Crippen molar-refractivity contribution in [2.24, 2.45) is 0 Å². The van der Waals surface area contributed by atoms with Gasteiger partial charge in [-0.15, -0.1) is 0 Å².